The van der Waals surface area contributed by atoms with Gasteiger partial charge in [-0.2, -0.15) is 5.10 Å². The van der Waals surface area contributed by atoms with Crippen molar-refractivity contribution in [2.75, 3.05) is 6.54 Å². The molecule has 1 N–H and O–H groups in total. The summed E-state index contributed by atoms with van der Waals surface area (Å²) < 4.78 is 7.83. The van der Waals surface area contributed by atoms with E-state index in [0.29, 0.717) is 0 Å². The second-order valence-corrected chi connectivity index (χ2v) is 4.86. The third-order valence-electron chi connectivity index (χ3n) is 3.40. The first-order valence-electron chi connectivity index (χ1n) is 7.47. The molecule has 0 radical (unpaired) electrons. The predicted molar refractivity (Wildman–Crippen MR) is 78.5 cm³/mol. The minimum absolute atomic E-state index is 0.157. The quantitative estimate of drug-likeness (QED) is 0.805. The van der Waals surface area contributed by atoms with Crippen LogP contribution in [0.5, 0.6) is 0 Å². The molecule has 5 nitrogen and oxygen atoms in total. The van der Waals surface area contributed by atoms with Gasteiger partial charge in [-0.1, -0.05) is 13.8 Å². The summed E-state index contributed by atoms with van der Waals surface area (Å²) in [6.07, 6.45) is 4.43. The van der Waals surface area contributed by atoms with Crippen molar-refractivity contribution in [3.63, 3.8) is 0 Å². The smallest absolute Gasteiger partial charge is 0.138 e. The topological polar surface area (TPSA) is 55.9 Å². The first kappa shape index (κ1) is 14.8. The van der Waals surface area contributed by atoms with Gasteiger partial charge in [0.1, 0.15) is 23.7 Å². The Morgan fingerprint density at radius 3 is 2.80 bits per heavy atom. The van der Waals surface area contributed by atoms with Gasteiger partial charge >= 0.3 is 0 Å². The number of nitrogens with one attached hydrogen (secondary N) is 1. The van der Waals surface area contributed by atoms with Crippen LogP contribution in [0.2, 0.25) is 0 Å². The van der Waals surface area contributed by atoms with E-state index in [1.165, 1.54) is 0 Å². The zero-order valence-electron chi connectivity index (χ0n) is 12.6. The Hall–Kier alpha value is -1.62. The van der Waals surface area contributed by atoms with Crippen molar-refractivity contribution in [3.8, 4) is 0 Å². The number of furan rings is 1. The van der Waals surface area contributed by atoms with E-state index in [9.17, 15) is 0 Å². The highest BCUT2D eigenvalue weighted by molar-refractivity contribution is 5.12. The molecule has 0 amide bonds. The highest BCUT2D eigenvalue weighted by Gasteiger charge is 2.18. The maximum absolute atomic E-state index is 5.89. The largest absolute Gasteiger partial charge is 0.464 e. The van der Waals surface area contributed by atoms with Crippen LogP contribution >= 0.6 is 0 Å². The van der Waals surface area contributed by atoms with Gasteiger partial charge in [0.15, 0.2) is 0 Å². The Morgan fingerprint density at radius 1 is 1.30 bits per heavy atom. The molecule has 0 saturated carbocycles. The SMILES string of the molecule is CCCNC(Cc1ncnn1CC)c1ccc(CC)o1. The molecule has 0 aromatic carbocycles. The minimum atomic E-state index is 0.157. The minimum Gasteiger partial charge on any atom is -0.464 e. The van der Waals surface area contributed by atoms with Gasteiger partial charge in [0.25, 0.3) is 0 Å². The third-order valence-corrected chi connectivity index (χ3v) is 3.40. The van der Waals surface area contributed by atoms with Crippen LogP contribution in [0.4, 0.5) is 0 Å². The van der Waals surface area contributed by atoms with Gasteiger partial charge in [0.2, 0.25) is 0 Å². The molecular formula is C15H24N4O. The number of rotatable bonds is 8. The lowest BCUT2D eigenvalue weighted by atomic mass is 10.1. The van der Waals surface area contributed by atoms with E-state index >= 15 is 0 Å². The summed E-state index contributed by atoms with van der Waals surface area (Å²) in [4.78, 5) is 4.36. The molecule has 2 aromatic rings. The second kappa shape index (κ2) is 7.24. The Labute approximate surface area is 120 Å². The molecule has 0 saturated heterocycles. The molecule has 2 heterocycles. The summed E-state index contributed by atoms with van der Waals surface area (Å²) in [7, 11) is 0. The molecule has 1 unspecified atom stereocenters. The maximum Gasteiger partial charge on any atom is 0.138 e. The van der Waals surface area contributed by atoms with Crippen molar-refractivity contribution in [3.05, 3.63) is 35.8 Å². The summed E-state index contributed by atoms with van der Waals surface area (Å²) >= 11 is 0. The number of aromatic nitrogens is 3. The van der Waals surface area contributed by atoms with E-state index in [2.05, 4.69) is 48.3 Å². The molecule has 5 heteroatoms. The highest BCUT2D eigenvalue weighted by Crippen LogP contribution is 2.20. The van der Waals surface area contributed by atoms with Crippen LogP contribution in [0.3, 0.4) is 0 Å². The number of hydrogen-bond acceptors (Lipinski definition) is 4. The summed E-state index contributed by atoms with van der Waals surface area (Å²) in [6, 6.07) is 4.28. The van der Waals surface area contributed by atoms with Crippen molar-refractivity contribution in [2.24, 2.45) is 0 Å². The fourth-order valence-corrected chi connectivity index (χ4v) is 2.26. The maximum atomic E-state index is 5.89. The molecule has 2 rings (SSSR count). The lowest BCUT2D eigenvalue weighted by Gasteiger charge is -2.16. The first-order chi connectivity index (χ1) is 9.78. The Morgan fingerprint density at radius 2 is 2.15 bits per heavy atom. The number of hydrogen-bond donors (Lipinski definition) is 1. The Kier molecular flexibility index (Phi) is 5.35. The number of aryl methyl sites for hydroxylation is 2. The molecule has 20 heavy (non-hydrogen) atoms. The molecule has 0 aliphatic rings. The molecule has 0 spiro atoms. The van der Waals surface area contributed by atoms with E-state index in [1.54, 1.807) is 6.33 Å². The van der Waals surface area contributed by atoms with Gasteiger partial charge in [-0.3, -0.25) is 4.68 Å². The van der Waals surface area contributed by atoms with Gasteiger partial charge in [-0.05, 0) is 32.0 Å². The summed E-state index contributed by atoms with van der Waals surface area (Å²) in [5, 5.41) is 7.77. The van der Waals surface area contributed by atoms with Crippen LogP contribution in [0.25, 0.3) is 0 Å². The average Bonchev–Trinajstić information content (AvgIpc) is 3.11. The van der Waals surface area contributed by atoms with E-state index < -0.39 is 0 Å². The summed E-state index contributed by atoms with van der Waals surface area (Å²) in [5.41, 5.74) is 0. The van der Waals surface area contributed by atoms with Crippen LogP contribution < -0.4 is 5.32 Å². The van der Waals surface area contributed by atoms with Crippen molar-refractivity contribution in [2.45, 2.75) is 52.6 Å². The highest BCUT2D eigenvalue weighted by atomic mass is 16.3. The normalized spacial score (nSPS) is 12.8. The molecule has 2 aromatic heterocycles. The molecule has 0 aliphatic heterocycles. The molecular weight excluding hydrogens is 252 g/mol. The van der Waals surface area contributed by atoms with E-state index in [-0.39, 0.29) is 6.04 Å². The molecule has 0 fully saturated rings. The fraction of sp³-hybridized carbons (Fsp3) is 0.600. The zero-order valence-corrected chi connectivity index (χ0v) is 12.6. The molecule has 0 aliphatic carbocycles. The summed E-state index contributed by atoms with van der Waals surface area (Å²) in [5.74, 6) is 3.01. The monoisotopic (exact) mass is 276 g/mol. The predicted octanol–water partition coefficient (Wildman–Crippen LogP) is 2.74. The first-order valence-corrected chi connectivity index (χ1v) is 7.47. The molecule has 0 bridgehead atoms. The van der Waals surface area contributed by atoms with E-state index in [4.69, 9.17) is 4.42 Å². The molecule has 110 valence electrons. The summed E-state index contributed by atoms with van der Waals surface area (Å²) in [6.45, 7) is 8.15. The standard InChI is InChI=1S/C15H24N4O/c1-4-9-16-13(14-8-7-12(5-2)20-14)10-15-17-11-18-19(15)6-3/h7-8,11,13,16H,4-6,9-10H2,1-3H3. The lowest BCUT2D eigenvalue weighted by Crippen LogP contribution is -2.25. The van der Waals surface area contributed by atoms with Crippen molar-refractivity contribution in [1.82, 2.24) is 20.1 Å². The third kappa shape index (κ3) is 3.48. The van der Waals surface area contributed by atoms with Crippen molar-refractivity contribution in [1.29, 1.82) is 0 Å². The molecule has 1 atom stereocenters. The van der Waals surface area contributed by atoms with Crippen molar-refractivity contribution >= 4 is 0 Å². The van der Waals surface area contributed by atoms with Gasteiger partial charge in [0.05, 0.1) is 6.04 Å². The van der Waals surface area contributed by atoms with Crippen LogP contribution in [-0.4, -0.2) is 21.3 Å². The second-order valence-electron chi connectivity index (χ2n) is 4.86. The fourth-order valence-electron chi connectivity index (χ4n) is 2.26. The van der Waals surface area contributed by atoms with Crippen LogP contribution in [0.1, 0.15) is 50.6 Å². The van der Waals surface area contributed by atoms with Gasteiger partial charge in [-0.25, -0.2) is 4.98 Å². The van der Waals surface area contributed by atoms with Crippen molar-refractivity contribution < 1.29 is 4.42 Å². The zero-order chi connectivity index (χ0) is 14.4. The number of nitrogens with zero attached hydrogens (tertiary/aromatic N) is 3. The Balaban J connectivity index is 2.14. The Bertz CT molecular complexity index is 517. The van der Waals surface area contributed by atoms with E-state index in [0.717, 1.165) is 49.7 Å². The van der Waals surface area contributed by atoms with Crippen LogP contribution in [0.15, 0.2) is 22.9 Å². The average molecular weight is 276 g/mol. The van der Waals surface area contributed by atoms with Crippen LogP contribution in [0, 0.1) is 0 Å². The van der Waals surface area contributed by atoms with Gasteiger partial charge < -0.3 is 9.73 Å². The van der Waals surface area contributed by atoms with Gasteiger partial charge in [0, 0.05) is 19.4 Å². The van der Waals surface area contributed by atoms with Gasteiger partial charge in [-0.15, -0.1) is 0 Å². The van der Waals surface area contributed by atoms with Crippen LogP contribution in [-0.2, 0) is 19.4 Å². The van der Waals surface area contributed by atoms with E-state index in [1.807, 2.05) is 4.68 Å². The lowest BCUT2D eigenvalue weighted by molar-refractivity contribution is 0.384.